The number of ether oxygens (including phenoxy) is 2. The first-order chi connectivity index (χ1) is 14.8. The molecule has 2 aromatic carbocycles. The Kier molecular flexibility index (Phi) is 8.05. The minimum Gasteiger partial charge on any atom is -0.486 e. The zero-order valence-electron chi connectivity index (χ0n) is 16.2. The third kappa shape index (κ3) is 5.83. The molecule has 0 radical (unpaired) electrons. The SMILES string of the molecule is CCOC(=O)CN1C(=O)S/C(=C\c2cc(Cl)c(OCc3ccccc3Cl)c(Br)c2)C1=O. The highest BCUT2D eigenvalue weighted by Crippen LogP contribution is 2.38. The van der Waals surface area contributed by atoms with Crippen LogP contribution in [-0.4, -0.2) is 35.2 Å². The Hall–Kier alpha value is -2.00. The van der Waals surface area contributed by atoms with Crippen LogP contribution in [0.1, 0.15) is 18.1 Å². The Labute approximate surface area is 201 Å². The Bertz CT molecular complexity index is 1050. The second kappa shape index (κ2) is 10.5. The molecule has 162 valence electrons. The van der Waals surface area contributed by atoms with E-state index in [1.807, 2.05) is 18.2 Å². The van der Waals surface area contributed by atoms with Crippen LogP contribution in [0.25, 0.3) is 6.08 Å². The van der Waals surface area contributed by atoms with Gasteiger partial charge in [0.1, 0.15) is 13.2 Å². The summed E-state index contributed by atoms with van der Waals surface area (Å²) in [5, 5.41) is 0.373. The fourth-order valence-corrected chi connectivity index (χ4v) is 4.71. The first-order valence-electron chi connectivity index (χ1n) is 9.06. The summed E-state index contributed by atoms with van der Waals surface area (Å²) < 4.78 is 11.2. The highest BCUT2D eigenvalue weighted by Gasteiger charge is 2.36. The van der Waals surface area contributed by atoms with Gasteiger partial charge in [-0.25, -0.2) is 0 Å². The van der Waals surface area contributed by atoms with Crippen LogP contribution < -0.4 is 4.74 Å². The van der Waals surface area contributed by atoms with Crippen molar-refractivity contribution >= 4 is 74.1 Å². The first kappa shape index (κ1) is 23.7. The van der Waals surface area contributed by atoms with Crippen LogP contribution in [0, 0.1) is 0 Å². The summed E-state index contributed by atoms with van der Waals surface area (Å²) in [5.41, 5.74) is 1.40. The van der Waals surface area contributed by atoms with E-state index in [4.69, 9.17) is 32.7 Å². The molecule has 1 fully saturated rings. The predicted octanol–water partition coefficient (Wildman–Crippen LogP) is 5.93. The number of thioether (sulfide) groups is 1. The van der Waals surface area contributed by atoms with Gasteiger partial charge in [-0.3, -0.25) is 19.3 Å². The number of hydrogen-bond acceptors (Lipinski definition) is 6. The van der Waals surface area contributed by atoms with E-state index in [1.54, 1.807) is 25.1 Å². The van der Waals surface area contributed by atoms with E-state index in [-0.39, 0.29) is 18.1 Å². The van der Waals surface area contributed by atoms with Gasteiger partial charge in [-0.2, -0.15) is 0 Å². The summed E-state index contributed by atoms with van der Waals surface area (Å²) in [7, 11) is 0. The van der Waals surface area contributed by atoms with E-state index in [0.717, 1.165) is 22.2 Å². The minimum atomic E-state index is -0.642. The first-order valence-corrected chi connectivity index (χ1v) is 11.4. The highest BCUT2D eigenvalue weighted by atomic mass is 79.9. The van der Waals surface area contributed by atoms with Gasteiger partial charge in [-0.05, 0) is 64.5 Å². The summed E-state index contributed by atoms with van der Waals surface area (Å²) in [6.07, 6.45) is 1.53. The van der Waals surface area contributed by atoms with Crippen molar-refractivity contribution in [3.8, 4) is 5.75 Å². The number of imide groups is 1. The second-order valence-corrected chi connectivity index (χ2v) is 8.93. The topological polar surface area (TPSA) is 72.9 Å². The number of nitrogens with zero attached hydrogens (tertiary/aromatic N) is 1. The molecule has 2 aromatic rings. The normalized spacial score (nSPS) is 15.0. The fourth-order valence-electron chi connectivity index (χ4n) is 2.69. The third-order valence-electron chi connectivity index (χ3n) is 4.11. The lowest BCUT2D eigenvalue weighted by molar-refractivity contribution is -0.145. The molecular formula is C21H16BrCl2NO5S. The predicted molar refractivity (Wildman–Crippen MR) is 124 cm³/mol. The molecule has 1 aliphatic rings. The molecule has 1 aliphatic heterocycles. The van der Waals surface area contributed by atoms with Crippen molar-refractivity contribution in [2.45, 2.75) is 13.5 Å². The number of hydrogen-bond donors (Lipinski definition) is 0. The number of carbonyl (C=O) groups excluding carboxylic acids is 3. The molecule has 3 rings (SSSR count). The van der Waals surface area contributed by atoms with Crippen molar-refractivity contribution < 1.29 is 23.9 Å². The molecule has 31 heavy (non-hydrogen) atoms. The molecule has 0 aromatic heterocycles. The Morgan fingerprint density at radius 1 is 1.19 bits per heavy atom. The van der Waals surface area contributed by atoms with Crippen molar-refractivity contribution in [1.82, 2.24) is 4.90 Å². The van der Waals surface area contributed by atoms with Gasteiger partial charge >= 0.3 is 5.97 Å². The molecule has 1 heterocycles. The van der Waals surface area contributed by atoms with Crippen LogP contribution in [0.3, 0.4) is 0 Å². The van der Waals surface area contributed by atoms with E-state index in [2.05, 4.69) is 15.9 Å². The van der Waals surface area contributed by atoms with E-state index in [1.165, 1.54) is 6.08 Å². The molecule has 0 bridgehead atoms. The molecule has 10 heteroatoms. The molecule has 6 nitrogen and oxygen atoms in total. The Morgan fingerprint density at radius 2 is 1.94 bits per heavy atom. The van der Waals surface area contributed by atoms with Crippen LogP contribution in [0.2, 0.25) is 10.0 Å². The van der Waals surface area contributed by atoms with Crippen molar-refractivity contribution in [3.63, 3.8) is 0 Å². The monoisotopic (exact) mass is 543 g/mol. The lowest BCUT2D eigenvalue weighted by Crippen LogP contribution is -2.34. The summed E-state index contributed by atoms with van der Waals surface area (Å²) >= 11 is 16.7. The van der Waals surface area contributed by atoms with Crippen LogP contribution in [0.15, 0.2) is 45.8 Å². The largest absolute Gasteiger partial charge is 0.486 e. The van der Waals surface area contributed by atoms with Gasteiger partial charge in [-0.1, -0.05) is 41.4 Å². The van der Waals surface area contributed by atoms with E-state index < -0.39 is 23.7 Å². The summed E-state index contributed by atoms with van der Waals surface area (Å²) in [6.45, 7) is 1.62. The molecule has 0 unspecified atom stereocenters. The van der Waals surface area contributed by atoms with Gasteiger partial charge in [0.25, 0.3) is 11.1 Å². The zero-order chi connectivity index (χ0) is 22.5. The maximum absolute atomic E-state index is 12.5. The van der Waals surface area contributed by atoms with Gasteiger partial charge < -0.3 is 9.47 Å². The Morgan fingerprint density at radius 3 is 2.61 bits per heavy atom. The number of rotatable bonds is 7. The lowest BCUT2D eigenvalue weighted by atomic mass is 10.2. The van der Waals surface area contributed by atoms with Crippen molar-refractivity contribution in [2.24, 2.45) is 0 Å². The highest BCUT2D eigenvalue weighted by molar-refractivity contribution is 9.10. The van der Waals surface area contributed by atoms with Crippen molar-refractivity contribution in [3.05, 3.63) is 66.9 Å². The van der Waals surface area contributed by atoms with Crippen LogP contribution in [0.5, 0.6) is 5.75 Å². The number of carbonyl (C=O) groups is 3. The number of benzene rings is 2. The number of halogens is 3. The van der Waals surface area contributed by atoms with Crippen molar-refractivity contribution in [2.75, 3.05) is 13.2 Å². The quantitative estimate of drug-likeness (QED) is 0.317. The van der Waals surface area contributed by atoms with E-state index in [0.29, 0.717) is 25.8 Å². The standard InChI is InChI=1S/C21H16BrCl2NO5S/c1-2-29-18(26)10-25-20(27)17(31-21(25)28)9-12-7-14(22)19(16(24)8-12)30-11-13-5-3-4-6-15(13)23/h3-9H,2,10-11H2,1H3/b17-9-. The van der Waals surface area contributed by atoms with E-state index >= 15 is 0 Å². The maximum atomic E-state index is 12.5. The van der Waals surface area contributed by atoms with Crippen LogP contribution in [0.4, 0.5) is 4.79 Å². The second-order valence-electron chi connectivity index (χ2n) is 6.27. The minimum absolute atomic E-state index is 0.169. The third-order valence-corrected chi connectivity index (χ3v) is 6.26. The van der Waals surface area contributed by atoms with E-state index in [9.17, 15) is 14.4 Å². The van der Waals surface area contributed by atoms with Gasteiger partial charge in [0.2, 0.25) is 0 Å². The molecule has 0 aliphatic carbocycles. The van der Waals surface area contributed by atoms with Crippen LogP contribution >= 0.6 is 50.9 Å². The molecule has 2 amide bonds. The average molecular weight is 545 g/mol. The molecule has 0 N–H and O–H groups in total. The lowest BCUT2D eigenvalue weighted by Gasteiger charge is -2.12. The van der Waals surface area contributed by atoms with Crippen LogP contribution in [-0.2, 0) is 20.9 Å². The smallest absolute Gasteiger partial charge is 0.326 e. The maximum Gasteiger partial charge on any atom is 0.326 e. The summed E-state index contributed by atoms with van der Waals surface area (Å²) in [5.74, 6) is -0.777. The fraction of sp³-hybridized carbons (Fsp3) is 0.190. The summed E-state index contributed by atoms with van der Waals surface area (Å²) in [6, 6.07) is 10.7. The van der Waals surface area contributed by atoms with Gasteiger partial charge in [0, 0.05) is 10.6 Å². The summed E-state index contributed by atoms with van der Waals surface area (Å²) in [4.78, 5) is 37.3. The zero-order valence-corrected chi connectivity index (χ0v) is 20.1. The molecule has 0 spiro atoms. The molecule has 0 atom stereocenters. The Balaban J connectivity index is 1.76. The average Bonchev–Trinajstić information content (AvgIpc) is 2.96. The molecule has 0 saturated carbocycles. The van der Waals surface area contributed by atoms with Gasteiger partial charge in [0.05, 0.1) is 21.0 Å². The number of amides is 2. The van der Waals surface area contributed by atoms with Crippen molar-refractivity contribution in [1.29, 1.82) is 0 Å². The van der Waals surface area contributed by atoms with Gasteiger partial charge in [-0.15, -0.1) is 0 Å². The molecule has 1 saturated heterocycles. The molecular weight excluding hydrogens is 529 g/mol. The number of esters is 1. The van der Waals surface area contributed by atoms with Gasteiger partial charge in [0.15, 0.2) is 5.75 Å².